The highest BCUT2D eigenvalue weighted by molar-refractivity contribution is 5.90. The van der Waals surface area contributed by atoms with E-state index in [4.69, 9.17) is 4.98 Å². The first-order valence-electron chi connectivity index (χ1n) is 10.1. The zero-order valence-corrected chi connectivity index (χ0v) is 17.2. The van der Waals surface area contributed by atoms with E-state index in [9.17, 15) is 4.79 Å². The molecule has 2 heterocycles. The Balaban J connectivity index is 2.12. The van der Waals surface area contributed by atoms with Gasteiger partial charge in [-0.05, 0) is 31.0 Å². The molecule has 0 unspecified atom stereocenters. The van der Waals surface area contributed by atoms with Gasteiger partial charge in [-0.2, -0.15) is 5.10 Å². The fraction of sp³-hybridized carbons (Fsp3) is 0.476. The number of fused-ring (bicyclic) bond motifs is 1. The maximum Gasteiger partial charge on any atom is 0.278 e. The van der Waals surface area contributed by atoms with Crippen LogP contribution in [0.2, 0.25) is 0 Å². The topological polar surface area (TPSA) is 78.8 Å². The summed E-state index contributed by atoms with van der Waals surface area (Å²) in [6.45, 7) is 9.78. The zero-order valence-electron chi connectivity index (χ0n) is 17.2. The molecule has 0 aliphatic carbocycles. The molecule has 0 bridgehead atoms. The van der Waals surface area contributed by atoms with Crippen LogP contribution in [0.15, 0.2) is 29.1 Å². The molecule has 0 amide bonds. The number of hydrogen-bond acceptors (Lipinski definition) is 5. The lowest BCUT2D eigenvalue weighted by Gasteiger charge is -2.21. The average Bonchev–Trinajstić information content (AvgIpc) is 3.03. The Hall–Kier alpha value is -2.67. The molecule has 3 aromatic rings. The van der Waals surface area contributed by atoms with Crippen molar-refractivity contribution < 1.29 is 0 Å². The molecule has 0 aliphatic heterocycles. The third kappa shape index (κ3) is 4.09. The lowest BCUT2D eigenvalue weighted by atomic mass is 10.1. The van der Waals surface area contributed by atoms with Gasteiger partial charge in [0, 0.05) is 32.2 Å². The number of rotatable bonds is 9. The lowest BCUT2D eigenvalue weighted by Crippen LogP contribution is -2.29. The van der Waals surface area contributed by atoms with Gasteiger partial charge in [0.05, 0.1) is 0 Å². The van der Waals surface area contributed by atoms with E-state index in [-0.39, 0.29) is 5.56 Å². The van der Waals surface area contributed by atoms with Crippen LogP contribution in [0, 0.1) is 0 Å². The van der Waals surface area contributed by atoms with Crippen molar-refractivity contribution >= 4 is 17.0 Å². The van der Waals surface area contributed by atoms with Crippen molar-refractivity contribution in [3.63, 3.8) is 0 Å². The van der Waals surface area contributed by atoms with E-state index in [1.165, 1.54) is 5.56 Å². The van der Waals surface area contributed by atoms with Crippen LogP contribution >= 0.6 is 0 Å². The molecule has 150 valence electrons. The van der Waals surface area contributed by atoms with Crippen LogP contribution in [-0.2, 0) is 13.6 Å². The molecule has 0 fully saturated rings. The monoisotopic (exact) mass is 382 g/mol. The number of benzene rings is 1. The van der Waals surface area contributed by atoms with E-state index in [0.29, 0.717) is 17.0 Å². The van der Waals surface area contributed by atoms with E-state index in [2.05, 4.69) is 53.2 Å². The van der Waals surface area contributed by atoms with E-state index >= 15 is 0 Å². The third-order valence-corrected chi connectivity index (χ3v) is 4.75. The number of nitrogens with zero attached hydrogens (tertiary/aromatic N) is 4. The summed E-state index contributed by atoms with van der Waals surface area (Å²) in [5.41, 5.74) is 3.91. The summed E-state index contributed by atoms with van der Waals surface area (Å²) in [7, 11) is 1.79. The minimum atomic E-state index is -0.151. The number of H-pyrrole nitrogens is 1. The van der Waals surface area contributed by atoms with Crippen LogP contribution in [0.5, 0.6) is 0 Å². The summed E-state index contributed by atoms with van der Waals surface area (Å²) in [6, 6.07) is 8.25. The van der Waals surface area contributed by atoms with Crippen molar-refractivity contribution in [1.82, 2.24) is 25.1 Å². The second kappa shape index (κ2) is 9.01. The van der Waals surface area contributed by atoms with Crippen LogP contribution in [0.3, 0.4) is 0 Å². The molecular weight excluding hydrogens is 352 g/mol. The molecule has 2 N–H and O–H groups in total. The minimum Gasteiger partial charge on any atom is -0.342 e. The zero-order chi connectivity index (χ0) is 20.1. The van der Waals surface area contributed by atoms with Gasteiger partial charge in [0.2, 0.25) is 5.95 Å². The van der Waals surface area contributed by atoms with E-state index in [1.54, 1.807) is 11.7 Å². The van der Waals surface area contributed by atoms with Crippen LogP contribution in [0.4, 0.5) is 5.95 Å². The minimum absolute atomic E-state index is 0.151. The molecule has 0 spiro atoms. The van der Waals surface area contributed by atoms with Crippen LogP contribution < -0.4 is 15.8 Å². The van der Waals surface area contributed by atoms with Gasteiger partial charge in [0.15, 0.2) is 5.52 Å². The predicted octanol–water partition coefficient (Wildman–Crippen LogP) is 3.06. The summed E-state index contributed by atoms with van der Waals surface area (Å²) < 4.78 is 1.63. The number of aromatic nitrogens is 4. The molecule has 1 aromatic carbocycles. The number of nitrogens with one attached hydrogen (secondary N) is 2. The van der Waals surface area contributed by atoms with Gasteiger partial charge in [-0.3, -0.25) is 14.5 Å². The van der Waals surface area contributed by atoms with Gasteiger partial charge in [-0.25, -0.2) is 4.98 Å². The number of aryl methyl sites for hydroxylation is 1. The van der Waals surface area contributed by atoms with Crippen molar-refractivity contribution in [2.45, 2.75) is 40.2 Å². The molecule has 0 saturated heterocycles. The van der Waals surface area contributed by atoms with E-state index in [0.717, 1.165) is 50.3 Å². The fourth-order valence-corrected chi connectivity index (χ4v) is 3.47. The molecule has 28 heavy (non-hydrogen) atoms. The van der Waals surface area contributed by atoms with Crippen molar-refractivity contribution in [3.05, 3.63) is 40.2 Å². The van der Waals surface area contributed by atoms with Gasteiger partial charge in [-0.1, -0.05) is 39.0 Å². The molecule has 2 aromatic heterocycles. The molecule has 7 nitrogen and oxygen atoms in total. The standard InChI is InChI=1S/C21H30N6O/c1-5-11-27(12-6-2)21-23-18-17(25-26(4)19(18)20(28)24-21)16-10-8-9-15(13-16)14-22-7-3/h8-10,13,22H,5-7,11-12,14H2,1-4H3,(H,23,24,28). The molecule has 0 saturated carbocycles. The van der Waals surface area contributed by atoms with Crippen molar-refractivity contribution in [2.75, 3.05) is 24.5 Å². The number of aromatic amines is 1. The van der Waals surface area contributed by atoms with Gasteiger partial charge < -0.3 is 10.2 Å². The highest BCUT2D eigenvalue weighted by atomic mass is 16.1. The second-order valence-electron chi connectivity index (χ2n) is 7.03. The first kappa shape index (κ1) is 20.1. The van der Waals surface area contributed by atoms with Gasteiger partial charge in [0.25, 0.3) is 5.56 Å². The molecule has 0 radical (unpaired) electrons. The first-order valence-corrected chi connectivity index (χ1v) is 10.1. The van der Waals surface area contributed by atoms with E-state index in [1.807, 2.05) is 12.1 Å². The molecular formula is C21H30N6O. The highest BCUT2D eigenvalue weighted by Gasteiger charge is 2.18. The second-order valence-corrected chi connectivity index (χ2v) is 7.03. The maximum atomic E-state index is 12.8. The van der Waals surface area contributed by atoms with Gasteiger partial charge >= 0.3 is 0 Å². The Morgan fingerprint density at radius 2 is 1.93 bits per heavy atom. The quantitative estimate of drug-likeness (QED) is 0.595. The van der Waals surface area contributed by atoms with E-state index < -0.39 is 0 Å². The Kier molecular flexibility index (Phi) is 6.46. The highest BCUT2D eigenvalue weighted by Crippen LogP contribution is 2.26. The average molecular weight is 383 g/mol. The Labute approximate surface area is 165 Å². The Bertz CT molecular complexity index is 984. The molecule has 3 rings (SSSR count). The van der Waals surface area contributed by atoms with Crippen LogP contribution in [0.1, 0.15) is 39.2 Å². The van der Waals surface area contributed by atoms with Crippen molar-refractivity contribution in [2.24, 2.45) is 7.05 Å². The predicted molar refractivity (Wildman–Crippen MR) is 115 cm³/mol. The Morgan fingerprint density at radius 1 is 1.18 bits per heavy atom. The summed E-state index contributed by atoms with van der Waals surface area (Å²) in [6.07, 6.45) is 1.99. The summed E-state index contributed by atoms with van der Waals surface area (Å²) >= 11 is 0. The van der Waals surface area contributed by atoms with Crippen LogP contribution in [-0.4, -0.2) is 39.4 Å². The van der Waals surface area contributed by atoms with Crippen molar-refractivity contribution in [1.29, 1.82) is 0 Å². The first-order chi connectivity index (χ1) is 13.6. The molecule has 7 heteroatoms. The van der Waals surface area contributed by atoms with Gasteiger partial charge in [0.1, 0.15) is 11.2 Å². The SMILES string of the molecule is CCCN(CCC)c1nc2c(-c3cccc(CNCC)c3)nn(C)c2c(=O)[nH]1. The normalized spacial score (nSPS) is 11.3. The van der Waals surface area contributed by atoms with Gasteiger partial charge in [-0.15, -0.1) is 0 Å². The fourth-order valence-electron chi connectivity index (χ4n) is 3.47. The van der Waals surface area contributed by atoms with Crippen LogP contribution in [0.25, 0.3) is 22.3 Å². The largest absolute Gasteiger partial charge is 0.342 e. The summed E-state index contributed by atoms with van der Waals surface area (Å²) in [4.78, 5) is 22.7. The maximum absolute atomic E-state index is 12.8. The lowest BCUT2D eigenvalue weighted by molar-refractivity contribution is 0.721. The smallest absolute Gasteiger partial charge is 0.278 e. The Morgan fingerprint density at radius 3 is 2.61 bits per heavy atom. The van der Waals surface area contributed by atoms with Crippen molar-refractivity contribution in [3.8, 4) is 11.3 Å². The summed E-state index contributed by atoms with van der Waals surface area (Å²) in [5.74, 6) is 0.624. The number of hydrogen-bond donors (Lipinski definition) is 2. The molecule has 0 atom stereocenters. The third-order valence-electron chi connectivity index (χ3n) is 4.75. The number of anilines is 1. The summed E-state index contributed by atoms with van der Waals surface area (Å²) in [5, 5.41) is 7.97. The molecule has 0 aliphatic rings.